The zero-order valence-electron chi connectivity index (χ0n) is 13.6. The number of carbonyl (C=O) groups is 1. The topological polar surface area (TPSA) is 51.7 Å². The van der Waals surface area contributed by atoms with E-state index in [-0.39, 0.29) is 18.7 Å². The second-order valence-electron chi connectivity index (χ2n) is 6.31. The van der Waals surface area contributed by atoms with Gasteiger partial charge in [0.1, 0.15) is 5.75 Å². The second-order valence-corrected chi connectivity index (χ2v) is 6.31. The molecule has 5 nitrogen and oxygen atoms in total. The van der Waals surface area contributed by atoms with Crippen LogP contribution in [0.1, 0.15) is 47.4 Å². The molecule has 4 rings (SSSR count). The van der Waals surface area contributed by atoms with Crippen molar-refractivity contribution in [3.63, 3.8) is 0 Å². The SMILES string of the molecule is CC(c1ccccn1)N(C(=O)c1ccc2c(c1)COCO2)C1CC1. The molecule has 1 unspecified atom stereocenters. The molecule has 2 heterocycles. The minimum absolute atomic E-state index is 0.0454. The Bertz CT molecular complexity index is 744. The van der Waals surface area contributed by atoms with Crippen LogP contribution < -0.4 is 4.74 Å². The Morgan fingerprint density at radius 1 is 1.29 bits per heavy atom. The van der Waals surface area contributed by atoms with E-state index in [1.807, 2.05) is 48.2 Å². The molecule has 1 aliphatic heterocycles. The maximum atomic E-state index is 13.1. The van der Waals surface area contributed by atoms with Gasteiger partial charge in [-0.25, -0.2) is 0 Å². The van der Waals surface area contributed by atoms with Crippen LogP contribution >= 0.6 is 0 Å². The van der Waals surface area contributed by atoms with Crippen LogP contribution in [0.5, 0.6) is 5.75 Å². The highest BCUT2D eigenvalue weighted by Gasteiger charge is 2.37. The maximum absolute atomic E-state index is 13.1. The third kappa shape index (κ3) is 2.87. The van der Waals surface area contributed by atoms with Crippen LogP contribution in [0.2, 0.25) is 0 Å². The Morgan fingerprint density at radius 2 is 2.17 bits per heavy atom. The van der Waals surface area contributed by atoms with E-state index in [2.05, 4.69) is 4.98 Å². The van der Waals surface area contributed by atoms with Gasteiger partial charge in [0.05, 0.1) is 18.3 Å². The fraction of sp³-hybridized carbons (Fsp3) is 0.368. The van der Waals surface area contributed by atoms with Gasteiger partial charge in [-0.1, -0.05) is 6.07 Å². The molecule has 0 radical (unpaired) electrons. The molecule has 1 saturated carbocycles. The van der Waals surface area contributed by atoms with Gasteiger partial charge in [-0.05, 0) is 50.1 Å². The first-order valence-electron chi connectivity index (χ1n) is 8.31. The number of benzene rings is 1. The Morgan fingerprint density at radius 3 is 2.92 bits per heavy atom. The number of rotatable bonds is 4. The predicted octanol–water partition coefficient (Wildman–Crippen LogP) is 3.31. The van der Waals surface area contributed by atoms with E-state index >= 15 is 0 Å². The monoisotopic (exact) mass is 324 g/mol. The summed E-state index contributed by atoms with van der Waals surface area (Å²) in [5.74, 6) is 0.845. The van der Waals surface area contributed by atoms with Crippen LogP contribution in [-0.4, -0.2) is 28.6 Å². The number of carbonyl (C=O) groups excluding carboxylic acids is 1. The van der Waals surface area contributed by atoms with Gasteiger partial charge in [-0.2, -0.15) is 0 Å². The van der Waals surface area contributed by atoms with Crippen LogP contribution in [0, 0.1) is 0 Å². The van der Waals surface area contributed by atoms with Gasteiger partial charge in [0.2, 0.25) is 0 Å². The number of hydrogen-bond donors (Lipinski definition) is 0. The van der Waals surface area contributed by atoms with E-state index in [1.54, 1.807) is 6.20 Å². The summed E-state index contributed by atoms with van der Waals surface area (Å²) in [6.07, 6.45) is 3.88. The largest absolute Gasteiger partial charge is 0.467 e. The molecule has 0 bridgehead atoms. The molecular weight excluding hydrogens is 304 g/mol. The van der Waals surface area contributed by atoms with E-state index in [9.17, 15) is 4.79 Å². The van der Waals surface area contributed by atoms with Gasteiger partial charge in [0.25, 0.3) is 5.91 Å². The van der Waals surface area contributed by atoms with Gasteiger partial charge < -0.3 is 14.4 Å². The van der Waals surface area contributed by atoms with Crippen LogP contribution in [0.3, 0.4) is 0 Å². The first-order chi connectivity index (χ1) is 11.7. The predicted molar refractivity (Wildman–Crippen MR) is 88.6 cm³/mol. The summed E-state index contributed by atoms with van der Waals surface area (Å²) in [6, 6.07) is 11.7. The van der Waals surface area contributed by atoms with Gasteiger partial charge in [0, 0.05) is 23.4 Å². The number of fused-ring (bicyclic) bond motifs is 1. The fourth-order valence-corrected chi connectivity index (χ4v) is 3.15. The van der Waals surface area contributed by atoms with Crippen molar-refractivity contribution in [1.82, 2.24) is 9.88 Å². The normalized spacial score (nSPS) is 17.5. The molecule has 0 saturated heterocycles. The molecule has 2 aromatic rings. The molecule has 124 valence electrons. The summed E-state index contributed by atoms with van der Waals surface area (Å²) < 4.78 is 10.7. The van der Waals surface area contributed by atoms with E-state index < -0.39 is 0 Å². The lowest BCUT2D eigenvalue weighted by Crippen LogP contribution is -2.36. The van der Waals surface area contributed by atoms with Crippen molar-refractivity contribution in [3.8, 4) is 5.75 Å². The highest BCUT2D eigenvalue weighted by Crippen LogP contribution is 2.35. The van der Waals surface area contributed by atoms with Crippen LogP contribution in [0.25, 0.3) is 0 Å². The summed E-state index contributed by atoms with van der Waals surface area (Å²) in [4.78, 5) is 19.5. The second kappa shape index (κ2) is 6.24. The summed E-state index contributed by atoms with van der Waals surface area (Å²) in [7, 11) is 0. The molecule has 1 fully saturated rings. The third-order valence-electron chi connectivity index (χ3n) is 4.57. The Balaban J connectivity index is 1.63. The minimum atomic E-state index is -0.0465. The Hall–Kier alpha value is -2.40. The molecule has 2 aliphatic rings. The molecule has 1 amide bonds. The van der Waals surface area contributed by atoms with Gasteiger partial charge >= 0.3 is 0 Å². The van der Waals surface area contributed by atoms with E-state index in [4.69, 9.17) is 9.47 Å². The van der Waals surface area contributed by atoms with Gasteiger partial charge in [-0.3, -0.25) is 9.78 Å². The van der Waals surface area contributed by atoms with Crippen molar-refractivity contribution in [1.29, 1.82) is 0 Å². The number of ether oxygens (including phenoxy) is 2. The minimum Gasteiger partial charge on any atom is -0.467 e. The molecule has 1 aliphatic carbocycles. The average Bonchev–Trinajstić information content (AvgIpc) is 3.47. The summed E-state index contributed by atoms with van der Waals surface area (Å²) in [6.45, 7) is 2.80. The molecular formula is C19H20N2O3. The first-order valence-corrected chi connectivity index (χ1v) is 8.31. The molecule has 1 aromatic heterocycles. The van der Waals surface area contributed by atoms with E-state index in [0.29, 0.717) is 18.2 Å². The van der Waals surface area contributed by atoms with Crippen molar-refractivity contribution in [2.75, 3.05) is 6.79 Å². The Kier molecular flexibility index (Phi) is 3.94. The molecule has 5 heteroatoms. The van der Waals surface area contributed by atoms with Crippen molar-refractivity contribution in [2.24, 2.45) is 0 Å². The van der Waals surface area contributed by atoms with E-state index in [1.165, 1.54) is 0 Å². The highest BCUT2D eigenvalue weighted by molar-refractivity contribution is 5.95. The molecule has 1 aromatic carbocycles. The van der Waals surface area contributed by atoms with Crippen molar-refractivity contribution in [3.05, 3.63) is 59.4 Å². The number of nitrogens with zero attached hydrogens (tertiary/aromatic N) is 2. The lowest BCUT2D eigenvalue weighted by molar-refractivity contribution is -0.0164. The third-order valence-corrected chi connectivity index (χ3v) is 4.57. The quantitative estimate of drug-likeness (QED) is 0.866. The van der Waals surface area contributed by atoms with Crippen molar-refractivity contribution in [2.45, 2.75) is 38.5 Å². The number of aromatic nitrogens is 1. The smallest absolute Gasteiger partial charge is 0.254 e. The summed E-state index contributed by atoms with van der Waals surface area (Å²) in [5, 5.41) is 0. The maximum Gasteiger partial charge on any atom is 0.254 e. The standard InChI is InChI=1S/C19H20N2O3/c1-13(17-4-2-3-9-20-17)21(16-6-7-16)19(22)14-5-8-18-15(10-14)11-23-12-24-18/h2-5,8-10,13,16H,6-7,11-12H2,1H3. The first kappa shape index (κ1) is 15.1. The highest BCUT2D eigenvalue weighted by atomic mass is 16.7. The lowest BCUT2D eigenvalue weighted by Gasteiger charge is -2.29. The van der Waals surface area contributed by atoms with Gasteiger partial charge in [-0.15, -0.1) is 0 Å². The zero-order valence-corrected chi connectivity index (χ0v) is 13.6. The van der Waals surface area contributed by atoms with Crippen molar-refractivity contribution >= 4 is 5.91 Å². The summed E-state index contributed by atoms with van der Waals surface area (Å²) in [5.41, 5.74) is 2.52. The number of pyridine rings is 1. The number of hydrogen-bond acceptors (Lipinski definition) is 4. The van der Waals surface area contributed by atoms with Crippen LogP contribution in [0.4, 0.5) is 0 Å². The van der Waals surface area contributed by atoms with Crippen LogP contribution in [-0.2, 0) is 11.3 Å². The van der Waals surface area contributed by atoms with Gasteiger partial charge in [0.15, 0.2) is 6.79 Å². The number of amides is 1. The zero-order chi connectivity index (χ0) is 16.5. The molecule has 1 atom stereocenters. The fourth-order valence-electron chi connectivity index (χ4n) is 3.15. The Labute approximate surface area is 141 Å². The van der Waals surface area contributed by atoms with Crippen molar-refractivity contribution < 1.29 is 14.3 Å². The average molecular weight is 324 g/mol. The van der Waals surface area contributed by atoms with E-state index in [0.717, 1.165) is 29.8 Å². The van der Waals surface area contributed by atoms with Crippen LogP contribution in [0.15, 0.2) is 42.6 Å². The molecule has 24 heavy (non-hydrogen) atoms. The molecule has 0 N–H and O–H groups in total. The molecule has 0 spiro atoms. The lowest BCUT2D eigenvalue weighted by atomic mass is 10.1. The summed E-state index contributed by atoms with van der Waals surface area (Å²) >= 11 is 0.